The molecule has 0 aliphatic rings. The molecule has 0 spiro atoms. The van der Waals surface area contributed by atoms with Crippen LogP contribution in [0.1, 0.15) is 0 Å². The first kappa shape index (κ1) is 11.5. The van der Waals surface area contributed by atoms with E-state index in [0.717, 1.165) is 11.2 Å². The molecule has 3 aromatic carbocycles. The van der Waals surface area contributed by atoms with Crippen LogP contribution in [0.4, 0.5) is 0 Å². The maximum absolute atomic E-state index is 4.93. The number of nitrogens with zero attached hydrogens (tertiary/aromatic N) is 3. The smallest absolute Gasteiger partial charge is 0.146 e. The first-order chi connectivity index (χ1) is 11.3. The van der Waals surface area contributed by atoms with Crippen LogP contribution in [0, 0.1) is 0 Å². The second-order valence-corrected chi connectivity index (χ2v) is 6.19. The summed E-state index contributed by atoms with van der Waals surface area (Å²) >= 11 is 0. The Balaban J connectivity index is 2.14. The summed E-state index contributed by atoms with van der Waals surface area (Å²) in [6.45, 7) is 0. The van der Waals surface area contributed by atoms with E-state index in [9.17, 15) is 0 Å². The fourth-order valence-electron chi connectivity index (χ4n) is 4.10. The van der Waals surface area contributed by atoms with Crippen molar-refractivity contribution in [3.8, 4) is 0 Å². The van der Waals surface area contributed by atoms with Gasteiger partial charge in [0.1, 0.15) is 5.65 Å². The van der Waals surface area contributed by atoms with E-state index < -0.39 is 0 Å². The summed E-state index contributed by atoms with van der Waals surface area (Å²) in [5.41, 5.74) is 7.03. The molecule has 23 heavy (non-hydrogen) atoms. The van der Waals surface area contributed by atoms with Gasteiger partial charge in [-0.25, -0.2) is 4.98 Å². The third-order valence-corrected chi connectivity index (χ3v) is 5.08. The van der Waals surface area contributed by atoms with Crippen molar-refractivity contribution in [3.63, 3.8) is 0 Å². The molecule has 6 aromatic rings. The standard InChI is InChI=1S/C20H13N3/c1-22-15-9-4-6-12-18(15)19-16(22)10-5-11-17(19)23-14-8-3-2-7-13(14)21-20(12)23/h2-11H,1H3. The Hall–Kier alpha value is -3.07. The molecule has 0 aliphatic carbocycles. The van der Waals surface area contributed by atoms with Gasteiger partial charge < -0.3 is 4.57 Å². The van der Waals surface area contributed by atoms with Crippen molar-refractivity contribution < 1.29 is 0 Å². The molecule has 0 amide bonds. The maximum Gasteiger partial charge on any atom is 0.146 e. The summed E-state index contributed by atoms with van der Waals surface area (Å²) < 4.78 is 4.59. The first-order valence-electron chi connectivity index (χ1n) is 7.83. The first-order valence-corrected chi connectivity index (χ1v) is 7.83. The Morgan fingerprint density at radius 1 is 0.696 bits per heavy atom. The Morgan fingerprint density at radius 2 is 1.39 bits per heavy atom. The fraction of sp³-hybridized carbons (Fsp3) is 0.0500. The van der Waals surface area contributed by atoms with E-state index in [2.05, 4.69) is 76.7 Å². The van der Waals surface area contributed by atoms with E-state index in [1.165, 1.54) is 38.2 Å². The van der Waals surface area contributed by atoms with Crippen LogP contribution in [0.2, 0.25) is 0 Å². The molecule has 3 aromatic heterocycles. The third-order valence-electron chi connectivity index (χ3n) is 5.08. The van der Waals surface area contributed by atoms with Crippen LogP contribution < -0.4 is 0 Å². The molecule has 0 saturated carbocycles. The monoisotopic (exact) mass is 295 g/mol. The summed E-state index contributed by atoms with van der Waals surface area (Å²) in [5.74, 6) is 0. The van der Waals surface area contributed by atoms with E-state index in [-0.39, 0.29) is 0 Å². The number of benzene rings is 3. The number of rotatable bonds is 0. The maximum atomic E-state index is 4.93. The fourth-order valence-corrected chi connectivity index (χ4v) is 4.10. The second-order valence-electron chi connectivity index (χ2n) is 6.19. The van der Waals surface area contributed by atoms with Gasteiger partial charge in [0.05, 0.1) is 22.1 Å². The van der Waals surface area contributed by atoms with Gasteiger partial charge in [0.2, 0.25) is 0 Å². The number of pyridine rings is 1. The molecule has 0 unspecified atom stereocenters. The Morgan fingerprint density at radius 3 is 2.30 bits per heavy atom. The normalized spacial score (nSPS) is 12.6. The molecule has 0 atom stereocenters. The van der Waals surface area contributed by atoms with E-state index in [1.807, 2.05) is 0 Å². The summed E-state index contributed by atoms with van der Waals surface area (Å²) in [5, 5.41) is 3.88. The van der Waals surface area contributed by atoms with Gasteiger partial charge in [-0.05, 0) is 30.3 Å². The quantitative estimate of drug-likeness (QED) is 0.372. The van der Waals surface area contributed by atoms with Gasteiger partial charge >= 0.3 is 0 Å². The molecule has 0 fully saturated rings. The van der Waals surface area contributed by atoms with Gasteiger partial charge in [0.25, 0.3) is 0 Å². The molecule has 6 rings (SSSR count). The van der Waals surface area contributed by atoms with Crippen LogP contribution in [0.5, 0.6) is 0 Å². The average Bonchev–Trinajstić information content (AvgIpc) is 3.12. The van der Waals surface area contributed by atoms with E-state index in [4.69, 9.17) is 4.98 Å². The summed E-state index contributed by atoms with van der Waals surface area (Å²) in [6, 6.07) is 21.4. The van der Waals surface area contributed by atoms with Gasteiger partial charge in [-0.3, -0.25) is 4.40 Å². The zero-order valence-electron chi connectivity index (χ0n) is 12.6. The third kappa shape index (κ3) is 1.18. The van der Waals surface area contributed by atoms with Crippen molar-refractivity contribution in [2.24, 2.45) is 7.05 Å². The Bertz CT molecular complexity index is 1370. The minimum absolute atomic E-state index is 1.04. The Labute approximate surface area is 131 Å². The molecule has 0 N–H and O–H groups in total. The van der Waals surface area contributed by atoms with E-state index >= 15 is 0 Å². The average molecular weight is 295 g/mol. The highest BCUT2D eigenvalue weighted by Crippen LogP contribution is 2.39. The molecule has 0 aliphatic heterocycles. The van der Waals surface area contributed by atoms with Crippen molar-refractivity contribution in [1.29, 1.82) is 0 Å². The molecular formula is C20H13N3. The van der Waals surface area contributed by atoms with Gasteiger partial charge in [-0.15, -0.1) is 0 Å². The van der Waals surface area contributed by atoms with Gasteiger partial charge in [-0.1, -0.05) is 30.3 Å². The van der Waals surface area contributed by atoms with Crippen LogP contribution in [0.3, 0.4) is 0 Å². The molecule has 0 radical (unpaired) electrons. The van der Waals surface area contributed by atoms with E-state index in [1.54, 1.807) is 0 Å². The highest BCUT2D eigenvalue weighted by Gasteiger charge is 2.19. The summed E-state index contributed by atoms with van der Waals surface area (Å²) in [6.07, 6.45) is 0. The van der Waals surface area contributed by atoms with Gasteiger partial charge in [0.15, 0.2) is 0 Å². The number of imidazole rings is 1. The van der Waals surface area contributed by atoms with Crippen molar-refractivity contribution in [2.75, 3.05) is 0 Å². The molecule has 3 heterocycles. The number of para-hydroxylation sites is 2. The van der Waals surface area contributed by atoms with Crippen LogP contribution in [0.25, 0.3) is 49.4 Å². The molecule has 0 bridgehead atoms. The summed E-state index contributed by atoms with van der Waals surface area (Å²) in [4.78, 5) is 4.93. The number of hydrogen-bond acceptors (Lipinski definition) is 1. The number of aromatic nitrogens is 3. The van der Waals surface area contributed by atoms with Crippen LogP contribution >= 0.6 is 0 Å². The lowest BCUT2D eigenvalue weighted by atomic mass is 10.1. The molecule has 0 saturated heterocycles. The van der Waals surface area contributed by atoms with Crippen LogP contribution in [-0.2, 0) is 7.05 Å². The number of hydrogen-bond donors (Lipinski definition) is 0. The minimum Gasteiger partial charge on any atom is -0.344 e. The SMILES string of the molecule is Cn1c2cccc3c2c2c1cccc2n1c2ccccc2nc31. The predicted molar refractivity (Wildman–Crippen MR) is 95.4 cm³/mol. The van der Waals surface area contributed by atoms with E-state index in [0.29, 0.717) is 0 Å². The topological polar surface area (TPSA) is 22.2 Å². The Kier molecular flexibility index (Phi) is 1.81. The highest BCUT2D eigenvalue weighted by molar-refractivity contribution is 6.26. The minimum atomic E-state index is 1.04. The number of fused-ring (bicyclic) bond motifs is 5. The van der Waals surface area contributed by atoms with Crippen molar-refractivity contribution >= 4 is 49.4 Å². The van der Waals surface area contributed by atoms with Crippen molar-refractivity contribution in [3.05, 3.63) is 60.7 Å². The van der Waals surface area contributed by atoms with Crippen molar-refractivity contribution in [2.45, 2.75) is 0 Å². The highest BCUT2D eigenvalue weighted by atomic mass is 15.0. The van der Waals surface area contributed by atoms with Crippen LogP contribution in [-0.4, -0.2) is 14.0 Å². The molecular weight excluding hydrogens is 282 g/mol. The molecule has 3 heteroatoms. The molecule has 108 valence electrons. The second kappa shape index (κ2) is 3.63. The molecule has 3 nitrogen and oxygen atoms in total. The summed E-state index contributed by atoms with van der Waals surface area (Å²) in [7, 11) is 2.14. The zero-order valence-corrected chi connectivity index (χ0v) is 12.6. The zero-order chi connectivity index (χ0) is 15.1. The predicted octanol–water partition coefficient (Wildman–Crippen LogP) is 4.72. The lowest BCUT2D eigenvalue weighted by Gasteiger charge is -2.06. The largest absolute Gasteiger partial charge is 0.344 e. The van der Waals surface area contributed by atoms with Crippen LogP contribution in [0.15, 0.2) is 60.7 Å². The lowest BCUT2D eigenvalue weighted by molar-refractivity contribution is 1.01. The van der Waals surface area contributed by atoms with Gasteiger partial charge in [-0.2, -0.15) is 0 Å². The number of aryl methyl sites for hydroxylation is 1. The van der Waals surface area contributed by atoms with Crippen molar-refractivity contribution in [1.82, 2.24) is 14.0 Å². The van der Waals surface area contributed by atoms with Gasteiger partial charge in [0, 0.05) is 28.7 Å². The lowest BCUT2D eigenvalue weighted by Crippen LogP contribution is -1.90.